The van der Waals surface area contributed by atoms with Crippen LogP contribution in [0.3, 0.4) is 0 Å². The third-order valence-corrected chi connectivity index (χ3v) is 8.34. The first-order valence-electron chi connectivity index (χ1n) is 15.2. The van der Waals surface area contributed by atoms with Crippen LogP contribution in [-0.4, -0.2) is 0 Å². The molecule has 0 aliphatic heterocycles. The number of benzene rings is 2. The number of hydrogen-bond donors (Lipinski definition) is 0. The van der Waals surface area contributed by atoms with Crippen molar-refractivity contribution in [3.8, 4) is 0 Å². The number of aryl methyl sites for hydroxylation is 4. The van der Waals surface area contributed by atoms with Crippen LogP contribution in [0.25, 0.3) is 0 Å². The fraction of sp³-hybridized carbons (Fsp3) is 0.657. The molecule has 0 saturated carbocycles. The predicted octanol–water partition coefficient (Wildman–Crippen LogP) is 10.8. The van der Waals surface area contributed by atoms with Gasteiger partial charge < -0.3 is 0 Å². The molecule has 0 fully saturated rings. The largest absolute Gasteiger partial charge is 0.0654 e. The zero-order valence-electron chi connectivity index (χ0n) is 24.4. The monoisotopic (exact) mass is 476 g/mol. The van der Waals surface area contributed by atoms with Crippen molar-refractivity contribution in [1.29, 1.82) is 0 Å². The average molecular weight is 477 g/mol. The Hall–Kier alpha value is -1.56. The van der Waals surface area contributed by atoms with Crippen LogP contribution in [0.4, 0.5) is 0 Å². The molecule has 0 nitrogen and oxygen atoms in total. The highest BCUT2D eigenvalue weighted by molar-refractivity contribution is 5.46. The summed E-state index contributed by atoms with van der Waals surface area (Å²) in [5.74, 6) is 0.706. The molecule has 0 radical (unpaired) electrons. The predicted molar refractivity (Wildman–Crippen MR) is 158 cm³/mol. The molecule has 0 bridgehead atoms. The van der Waals surface area contributed by atoms with Crippen LogP contribution in [-0.2, 0) is 31.1 Å². The van der Waals surface area contributed by atoms with Gasteiger partial charge in [0.05, 0.1) is 0 Å². The topological polar surface area (TPSA) is 0 Å². The van der Waals surface area contributed by atoms with Crippen LogP contribution in [0.1, 0.15) is 146 Å². The van der Waals surface area contributed by atoms with Gasteiger partial charge in [-0.3, -0.25) is 0 Å². The minimum absolute atomic E-state index is 0.0595. The molecule has 196 valence electrons. The summed E-state index contributed by atoms with van der Waals surface area (Å²) in [7, 11) is 0. The van der Waals surface area contributed by atoms with Crippen LogP contribution in [0.15, 0.2) is 36.4 Å². The Labute approximate surface area is 219 Å². The minimum atomic E-state index is 0.0595. The molecule has 1 atom stereocenters. The van der Waals surface area contributed by atoms with Crippen molar-refractivity contribution in [3.63, 3.8) is 0 Å². The van der Waals surface area contributed by atoms with E-state index in [4.69, 9.17) is 0 Å². The van der Waals surface area contributed by atoms with E-state index in [1.807, 2.05) is 0 Å². The molecule has 0 spiro atoms. The van der Waals surface area contributed by atoms with Gasteiger partial charge >= 0.3 is 0 Å². The number of unbranched alkanes of at least 4 members (excludes halogenated alkanes) is 4. The first-order chi connectivity index (χ1) is 16.9. The van der Waals surface area contributed by atoms with Crippen molar-refractivity contribution in [3.05, 3.63) is 69.8 Å². The molecular weight excluding hydrogens is 420 g/mol. The van der Waals surface area contributed by atoms with E-state index in [-0.39, 0.29) is 5.41 Å². The maximum atomic E-state index is 2.61. The van der Waals surface area contributed by atoms with E-state index in [0.717, 1.165) is 0 Å². The summed E-state index contributed by atoms with van der Waals surface area (Å²) < 4.78 is 0. The van der Waals surface area contributed by atoms with E-state index in [1.54, 1.807) is 22.3 Å². The van der Waals surface area contributed by atoms with Crippen molar-refractivity contribution in [2.75, 3.05) is 0 Å². The van der Waals surface area contributed by atoms with Gasteiger partial charge in [-0.25, -0.2) is 0 Å². The van der Waals surface area contributed by atoms with Gasteiger partial charge in [0, 0.05) is 5.41 Å². The summed E-state index contributed by atoms with van der Waals surface area (Å²) in [5, 5.41) is 0. The lowest BCUT2D eigenvalue weighted by molar-refractivity contribution is 0.395. The van der Waals surface area contributed by atoms with Gasteiger partial charge in [0.2, 0.25) is 0 Å². The van der Waals surface area contributed by atoms with Crippen LogP contribution in [0.2, 0.25) is 0 Å². The summed E-state index contributed by atoms with van der Waals surface area (Å²) in [4.78, 5) is 0. The molecule has 0 heteroatoms. The first-order valence-corrected chi connectivity index (χ1v) is 15.2. The highest BCUT2D eigenvalue weighted by atomic mass is 14.3. The molecule has 0 aliphatic carbocycles. The Morgan fingerprint density at radius 2 is 0.943 bits per heavy atom. The van der Waals surface area contributed by atoms with Crippen LogP contribution < -0.4 is 0 Å². The van der Waals surface area contributed by atoms with Crippen molar-refractivity contribution in [2.45, 2.75) is 144 Å². The van der Waals surface area contributed by atoms with Crippen LogP contribution >= 0.6 is 0 Å². The van der Waals surface area contributed by atoms with Gasteiger partial charge in [-0.15, -0.1) is 0 Å². The molecule has 0 aliphatic rings. The number of hydrogen-bond acceptors (Lipinski definition) is 0. The zero-order valence-corrected chi connectivity index (χ0v) is 24.4. The normalized spacial score (nSPS) is 12.8. The SMILES string of the molecule is CCCCc1ccc(C(C)(CC(C)CC)c2ccc(CCCC)c(CCCC)c2)cc1CCCC. The van der Waals surface area contributed by atoms with E-state index in [1.165, 1.54) is 101 Å². The molecule has 2 aromatic carbocycles. The third kappa shape index (κ3) is 8.51. The lowest BCUT2D eigenvalue weighted by Gasteiger charge is -2.35. The Balaban J connectivity index is 2.58. The van der Waals surface area contributed by atoms with Crippen molar-refractivity contribution < 1.29 is 0 Å². The smallest absolute Gasteiger partial charge is 0.0177 e. The lowest BCUT2D eigenvalue weighted by Crippen LogP contribution is -2.27. The van der Waals surface area contributed by atoms with E-state index in [0.29, 0.717) is 5.92 Å². The zero-order chi connectivity index (χ0) is 25.7. The Kier molecular flexibility index (Phi) is 13.2. The maximum Gasteiger partial charge on any atom is 0.0177 e. The van der Waals surface area contributed by atoms with E-state index in [9.17, 15) is 0 Å². The minimum Gasteiger partial charge on any atom is -0.0654 e. The molecule has 1 unspecified atom stereocenters. The summed E-state index contributed by atoms with van der Waals surface area (Å²) in [6.07, 6.45) is 17.6. The second kappa shape index (κ2) is 15.5. The van der Waals surface area contributed by atoms with Gasteiger partial charge in [0.25, 0.3) is 0 Å². The quantitative estimate of drug-likeness (QED) is 0.213. The van der Waals surface area contributed by atoms with Crippen molar-refractivity contribution >= 4 is 0 Å². The second-order valence-electron chi connectivity index (χ2n) is 11.4. The molecule has 0 amide bonds. The van der Waals surface area contributed by atoms with Gasteiger partial charge in [-0.05, 0) is 97.1 Å². The molecular formula is C35H56. The van der Waals surface area contributed by atoms with Crippen LogP contribution in [0, 0.1) is 5.92 Å². The van der Waals surface area contributed by atoms with E-state index in [2.05, 4.69) is 84.9 Å². The van der Waals surface area contributed by atoms with Crippen molar-refractivity contribution in [1.82, 2.24) is 0 Å². The van der Waals surface area contributed by atoms with E-state index < -0.39 is 0 Å². The standard InChI is InChI=1S/C35H56/c1-8-13-17-29-21-23-33(25-31(29)19-15-10-3)35(7,27-28(6)12-5)34-24-22-30(18-14-9-2)32(26-34)20-16-11-4/h21-26,28H,8-20,27H2,1-7H3. The summed E-state index contributed by atoms with van der Waals surface area (Å²) in [6, 6.07) is 15.2. The van der Waals surface area contributed by atoms with Gasteiger partial charge in [-0.2, -0.15) is 0 Å². The average Bonchev–Trinajstić information content (AvgIpc) is 2.88. The third-order valence-electron chi connectivity index (χ3n) is 8.34. The fourth-order valence-corrected chi connectivity index (χ4v) is 5.60. The summed E-state index contributed by atoms with van der Waals surface area (Å²) in [5.41, 5.74) is 9.53. The number of rotatable bonds is 17. The molecule has 2 rings (SSSR count). The highest BCUT2D eigenvalue weighted by Gasteiger charge is 2.31. The summed E-state index contributed by atoms with van der Waals surface area (Å²) >= 11 is 0. The Bertz CT molecular complexity index is 795. The fourth-order valence-electron chi connectivity index (χ4n) is 5.60. The highest BCUT2D eigenvalue weighted by Crippen LogP contribution is 2.40. The molecule has 0 N–H and O–H groups in total. The Morgan fingerprint density at radius 3 is 1.29 bits per heavy atom. The molecule has 35 heavy (non-hydrogen) atoms. The van der Waals surface area contributed by atoms with Gasteiger partial charge in [-0.1, -0.05) is 117 Å². The van der Waals surface area contributed by atoms with Crippen molar-refractivity contribution in [2.24, 2.45) is 5.92 Å². The molecule has 2 aromatic rings. The maximum absolute atomic E-state index is 2.61. The second-order valence-corrected chi connectivity index (χ2v) is 11.4. The summed E-state index contributed by atoms with van der Waals surface area (Å²) in [6.45, 7) is 16.6. The van der Waals surface area contributed by atoms with E-state index >= 15 is 0 Å². The molecule has 0 saturated heterocycles. The lowest BCUT2D eigenvalue weighted by atomic mass is 9.69. The van der Waals surface area contributed by atoms with Gasteiger partial charge in [0.15, 0.2) is 0 Å². The van der Waals surface area contributed by atoms with Gasteiger partial charge in [0.1, 0.15) is 0 Å². The Morgan fingerprint density at radius 1 is 0.571 bits per heavy atom. The van der Waals surface area contributed by atoms with Crippen LogP contribution in [0.5, 0.6) is 0 Å². The first kappa shape index (κ1) is 29.7. The molecule has 0 aromatic heterocycles. The molecule has 0 heterocycles.